The van der Waals surface area contributed by atoms with Crippen LogP contribution in [0.1, 0.15) is 5.56 Å². The predicted molar refractivity (Wildman–Crippen MR) is 59.6 cm³/mol. The van der Waals surface area contributed by atoms with E-state index in [9.17, 15) is 4.79 Å². The maximum absolute atomic E-state index is 10.8. The van der Waals surface area contributed by atoms with Crippen molar-refractivity contribution >= 4 is 16.9 Å². The van der Waals surface area contributed by atoms with Gasteiger partial charge in [0.25, 0.3) is 0 Å². The number of methoxy groups -OCH3 is 1. The third kappa shape index (κ3) is 1.82. The Kier molecular flexibility index (Phi) is 2.72. The first-order valence-corrected chi connectivity index (χ1v) is 4.85. The zero-order chi connectivity index (χ0) is 11.5. The second-order valence-corrected chi connectivity index (χ2v) is 3.39. The third-order valence-corrected chi connectivity index (χ3v) is 2.40. The highest BCUT2D eigenvalue weighted by Crippen LogP contribution is 2.27. The molecule has 0 aliphatic rings. The summed E-state index contributed by atoms with van der Waals surface area (Å²) in [5.41, 5.74) is 1.44. The summed E-state index contributed by atoms with van der Waals surface area (Å²) in [6.07, 6.45) is 1.62. The third-order valence-electron chi connectivity index (χ3n) is 2.40. The van der Waals surface area contributed by atoms with Crippen LogP contribution in [0.3, 0.4) is 0 Å². The number of nitrogens with zero attached hydrogens (tertiary/aromatic N) is 1. The van der Waals surface area contributed by atoms with E-state index in [0.29, 0.717) is 11.3 Å². The van der Waals surface area contributed by atoms with Crippen molar-refractivity contribution in [1.82, 2.24) is 4.98 Å². The Bertz CT molecular complexity index is 537. The topological polar surface area (TPSA) is 59.4 Å². The number of aromatic nitrogens is 1. The van der Waals surface area contributed by atoms with E-state index in [2.05, 4.69) is 4.98 Å². The van der Waals surface area contributed by atoms with E-state index in [0.717, 1.165) is 10.9 Å². The van der Waals surface area contributed by atoms with E-state index in [4.69, 9.17) is 9.84 Å². The Morgan fingerprint density at radius 3 is 2.94 bits per heavy atom. The summed E-state index contributed by atoms with van der Waals surface area (Å²) in [5, 5.41) is 9.69. The molecule has 0 bridgehead atoms. The van der Waals surface area contributed by atoms with Crippen molar-refractivity contribution < 1.29 is 14.6 Å². The summed E-state index contributed by atoms with van der Waals surface area (Å²) in [4.78, 5) is 15.0. The molecule has 0 atom stereocenters. The van der Waals surface area contributed by atoms with E-state index in [1.54, 1.807) is 18.3 Å². The maximum Gasteiger partial charge on any atom is 0.307 e. The standard InChI is InChI=1S/C12H11NO3/c1-16-11-5-4-10-8(3-2-6-13-10)9(11)7-12(14)15/h2-6H,7H2,1H3,(H,14,15). The molecule has 1 aromatic heterocycles. The van der Waals surface area contributed by atoms with Crippen LogP contribution in [-0.2, 0) is 11.2 Å². The van der Waals surface area contributed by atoms with Gasteiger partial charge >= 0.3 is 5.97 Å². The molecule has 2 rings (SSSR count). The normalized spacial score (nSPS) is 10.3. The van der Waals surface area contributed by atoms with Gasteiger partial charge in [-0.1, -0.05) is 6.07 Å². The molecule has 0 spiro atoms. The van der Waals surface area contributed by atoms with Crippen LogP contribution in [-0.4, -0.2) is 23.2 Å². The Hall–Kier alpha value is -2.10. The second kappa shape index (κ2) is 4.18. The zero-order valence-electron chi connectivity index (χ0n) is 8.80. The molecule has 1 heterocycles. The number of pyridine rings is 1. The van der Waals surface area contributed by atoms with Gasteiger partial charge in [-0.2, -0.15) is 0 Å². The molecule has 0 fully saturated rings. The number of aliphatic carboxylic acids is 1. The number of hydrogen-bond acceptors (Lipinski definition) is 3. The van der Waals surface area contributed by atoms with Gasteiger partial charge in [0.15, 0.2) is 0 Å². The summed E-state index contributed by atoms with van der Waals surface area (Å²) < 4.78 is 5.16. The van der Waals surface area contributed by atoms with Crippen LogP contribution in [0.25, 0.3) is 10.9 Å². The Balaban J connectivity index is 2.67. The monoisotopic (exact) mass is 217 g/mol. The minimum absolute atomic E-state index is 0.0633. The molecule has 0 aliphatic carbocycles. The molecular formula is C12H11NO3. The van der Waals surface area contributed by atoms with Gasteiger partial charge < -0.3 is 9.84 Å². The van der Waals surface area contributed by atoms with Crippen LogP contribution in [0.15, 0.2) is 30.5 Å². The highest BCUT2D eigenvalue weighted by atomic mass is 16.5. The van der Waals surface area contributed by atoms with Crippen LogP contribution in [0.2, 0.25) is 0 Å². The molecule has 16 heavy (non-hydrogen) atoms. The van der Waals surface area contributed by atoms with Crippen LogP contribution >= 0.6 is 0 Å². The molecule has 0 radical (unpaired) electrons. The molecule has 82 valence electrons. The van der Waals surface area contributed by atoms with Crippen molar-refractivity contribution in [3.05, 3.63) is 36.0 Å². The van der Waals surface area contributed by atoms with Crippen molar-refractivity contribution in [2.24, 2.45) is 0 Å². The van der Waals surface area contributed by atoms with Gasteiger partial charge in [-0.25, -0.2) is 0 Å². The zero-order valence-corrected chi connectivity index (χ0v) is 8.80. The first kappa shape index (κ1) is 10.4. The van der Waals surface area contributed by atoms with Gasteiger partial charge in [-0.3, -0.25) is 9.78 Å². The van der Waals surface area contributed by atoms with Gasteiger partial charge in [0.2, 0.25) is 0 Å². The van der Waals surface area contributed by atoms with Crippen LogP contribution in [0.5, 0.6) is 5.75 Å². The minimum atomic E-state index is -0.880. The van der Waals surface area contributed by atoms with Gasteiger partial charge in [0.1, 0.15) is 5.75 Å². The number of rotatable bonds is 3. The highest BCUT2D eigenvalue weighted by Gasteiger charge is 2.11. The molecular weight excluding hydrogens is 206 g/mol. The molecule has 0 aliphatic heterocycles. The van der Waals surface area contributed by atoms with Gasteiger partial charge in [0, 0.05) is 17.1 Å². The largest absolute Gasteiger partial charge is 0.496 e. The first-order chi connectivity index (χ1) is 7.72. The molecule has 1 aromatic carbocycles. The van der Waals surface area contributed by atoms with Crippen LogP contribution < -0.4 is 4.74 Å². The Morgan fingerprint density at radius 1 is 1.44 bits per heavy atom. The number of carboxylic acid groups (broad SMARTS) is 1. The lowest BCUT2D eigenvalue weighted by Crippen LogP contribution is -2.03. The van der Waals surface area contributed by atoms with Crippen molar-refractivity contribution in [3.8, 4) is 5.75 Å². The SMILES string of the molecule is COc1ccc2ncccc2c1CC(=O)O. The van der Waals surface area contributed by atoms with E-state index >= 15 is 0 Å². The van der Waals surface area contributed by atoms with Crippen LogP contribution in [0, 0.1) is 0 Å². The Labute approximate surface area is 92.5 Å². The summed E-state index contributed by atoms with van der Waals surface area (Å²) >= 11 is 0. The quantitative estimate of drug-likeness (QED) is 0.852. The van der Waals surface area contributed by atoms with Crippen LogP contribution in [0.4, 0.5) is 0 Å². The molecule has 4 nitrogen and oxygen atoms in total. The van der Waals surface area contributed by atoms with Crippen molar-refractivity contribution in [2.45, 2.75) is 6.42 Å². The number of carboxylic acids is 1. The Morgan fingerprint density at radius 2 is 2.25 bits per heavy atom. The van der Waals surface area contributed by atoms with Crippen molar-refractivity contribution in [2.75, 3.05) is 7.11 Å². The first-order valence-electron chi connectivity index (χ1n) is 4.85. The van der Waals surface area contributed by atoms with Crippen molar-refractivity contribution in [3.63, 3.8) is 0 Å². The maximum atomic E-state index is 10.8. The van der Waals surface area contributed by atoms with E-state index in [1.807, 2.05) is 12.1 Å². The average molecular weight is 217 g/mol. The van der Waals surface area contributed by atoms with Gasteiger partial charge in [-0.05, 0) is 18.2 Å². The van der Waals surface area contributed by atoms with Gasteiger partial charge in [0.05, 0.1) is 19.0 Å². The number of carbonyl (C=O) groups is 1. The van der Waals surface area contributed by atoms with E-state index in [-0.39, 0.29) is 6.42 Å². The fourth-order valence-corrected chi connectivity index (χ4v) is 1.72. The lowest BCUT2D eigenvalue weighted by atomic mass is 10.0. The molecule has 0 saturated carbocycles. The summed E-state index contributed by atoms with van der Waals surface area (Å²) in [6.45, 7) is 0. The lowest BCUT2D eigenvalue weighted by Gasteiger charge is -2.09. The van der Waals surface area contributed by atoms with Gasteiger partial charge in [-0.15, -0.1) is 0 Å². The summed E-state index contributed by atoms with van der Waals surface area (Å²) in [7, 11) is 1.53. The minimum Gasteiger partial charge on any atom is -0.496 e. The number of fused-ring (bicyclic) bond motifs is 1. The highest BCUT2D eigenvalue weighted by molar-refractivity contribution is 5.88. The molecule has 4 heteroatoms. The lowest BCUT2D eigenvalue weighted by molar-refractivity contribution is -0.136. The number of hydrogen-bond donors (Lipinski definition) is 1. The second-order valence-electron chi connectivity index (χ2n) is 3.39. The summed E-state index contributed by atoms with van der Waals surface area (Å²) in [6, 6.07) is 7.20. The van der Waals surface area contributed by atoms with E-state index in [1.165, 1.54) is 7.11 Å². The van der Waals surface area contributed by atoms with Crippen molar-refractivity contribution in [1.29, 1.82) is 0 Å². The molecule has 2 aromatic rings. The number of ether oxygens (including phenoxy) is 1. The molecule has 0 saturated heterocycles. The predicted octanol–water partition coefficient (Wildman–Crippen LogP) is 1.87. The fraction of sp³-hybridized carbons (Fsp3) is 0.167. The molecule has 0 unspecified atom stereocenters. The summed E-state index contributed by atoms with van der Waals surface area (Å²) in [5.74, 6) is -0.294. The van der Waals surface area contributed by atoms with E-state index < -0.39 is 5.97 Å². The molecule has 1 N–H and O–H groups in total. The molecule has 0 amide bonds. The number of benzene rings is 1. The smallest absolute Gasteiger partial charge is 0.307 e. The average Bonchev–Trinajstić information content (AvgIpc) is 2.29. The fourth-order valence-electron chi connectivity index (χ4n) is 1.72.